The number of rotatable bonds is 1. The molecule has 2 fully saturated rings. The molecule has 1 heterocycles. The van der Waals surface area contributed by atoms with Crippen molar-refractivity contribution in [3.63, 3.8) is 0 Å². The Labute approximate surface area is 115 Å². The van der Waals surface area contributed by atoms with Crippen LogP contribution in [-0.4, -0.2) is 43.0 Å². The van der Waals surface area contributed by atoms with Crippen molar-refractivity contribution in [2.45, 2.75) is 63.7 Å². The Kier molecular flexibility index (Phi) is 4.36. The largest absolute Gasteiger partial charge is 0.444 e. The topological polar surface area (TPSA) is 59.6 Å². The van der Waals surface area contributed by atoms with E-state index in [1.807, 2.05) is 20.8 Å². The van der Waals surface area contributed by atoms with Gasteiger partial charge in [0, 0.05) is 19.1 Å². The highest BCUT2D eigenvalue weighted by molar-refractivity contribution is 5.68. The van der Waals surface area contributed by atoms with Gasteiger partial charge in [-0.05, 0) is 46.5 Å². The second-order valence-electron chi connectivity index (χ2n) is 6.63. The first kappa shape index (κ1) is 14.6. The number of alkyl carbamates (subject to hydrolysis) is 1. The number of carbonyl (C=O) groups excluding carboxylic acids is 1. The SMILES string of the molecule is CC(C)(C)OC(=O)NC1CCC2(CC1)CNCCO2. The van der Waals surface area contributed by atoms with E-state index >= 15 is 0 Å². The molecule has 19 heavy (non-hydrogen) atoms. The van der Waals surface area contributed by atoms with Gasteiger partial charge in [-0.3, -0.25) is 0 Å². The maximum atomic E-state index is 11.7. The van der Waals surface area contributed by atoms with Crippen LogP contribution in [0.3, 0.4) is 0 Å². The summed E-state index contributed by atoms with van der Waals surface area (Å²) in [6, 6.07) is 0.214. The minimum Gasteiger partial charge on any atom is -0.444 e. The molecule has 0 unspecified atom stereocenters. The van der Waals surface area contributed by atoms with Gasteiger partial charge in [0.05, 0.1) is 12.2 Å². The van der Waals surface area contributed by atoms with Gasteiger partial charge in [0.1, 0.15) is 5.60 Å². The van der Waals surface area contributed by atoms with E-state index in [1.165, 1.54) is 0 Å². The second-order valence-corrected chi connectivity index (χ2v) is 6.63. The Morgan fingerprint density at radius 1 is 1.37 bits per heavy atom. The van der Waals surface area contributed by atoms with Gasteiger partial charge in [-0.25, -0.2) is 4.79 Å². The Morgan fingerprint density at radius 2 is 2.05 bits per heavy atom. The van der Waals surface area contributed by atoms with Crippen molar-refractivity contribution in [2.24, 2.45) is 0 Å². The van der Waals surface area contributed by atoms with Crippen molar-refractivity contribution in [3.05, 3.63) is 0 Å². The van der Waals surface area contributed by atoms with Gasteiger partial charge < -0.3 is 20.1 Å². The van der Waals surface area contributed by atoms with E-state index in [4.69, 9.17) is 9.47 Å². The third kappa shape index (κ3) is 4.35. The first-order chi connectivity index (χ1) is 8.89. The number of nitrogens with one attached hydrogen (secondary N) is 2. The van der Waals surface area contributed by atoms with Crippen LogP contribution in [0.15, 0.2) is 0 Å². The lowest BCUT2D eigenvalue weighted by Gasteiger charge is -2.43. The summed E-state index contributed by atoms with van der Waals surface area (Å²) in [5, 5.41) is 6.36. The fourth-order valence-electron chi connectivity index (χ4n) is 2.79. The van der Waals surface area contributed by atoms with E-state index in [0.29, 0.717) is 0 Å². The summed E-state index contributed by atoms with van der Waals surface area (Å²) in [5.41, 5.74) is -0.430. The number of amides is 1. The standard InChI is InChI=1S/C14H26N2O3/c1-13(2,3)19-12(17)16-11-4-6-14(7-5-11)10-15-8-9-18-14/h11,15H,4-10H2,1-3H3,(H,16,17). The van der Waals surface area contributed by atoms with Crippen LogP contribution in [0.25, 0.3) is 0 Å². The number of ether oxygens (including phenoxy) is 2. The first-order valence-corrected chi connectivity index (χ1v) is 7.23. The third-order valence-electron chi connectivity index (χ3n) is 3.75. The Bertz CT molecular complexity index is 309. The van der Waals surface area contributed by atoms with Gasteiger partial charge in [0.15, 0.2) is 0 Å². The van der Waals surface area contributed by atoms with Crippen molar-refractivity contribution < 1.29 is 14.3 Å². The maximum absolute atomic E-state index is 11.7. The fourth-order valence-corrected chi connectivity index (χ4v) is 2.79. The van der Waals surface area contributed by atoms with Gasteiger partial charge >= 0.3 is 6.09 Å². The van der Waals surface area contributed by atoms with Gasteiger partial charge in [-0.1, -0.05) is 0 Å². The van der Waals surface area contributed by atoms with E-state index < -0.39 is 5.60 Å². The van der Waals surface area contributed by atoms with E-state index in [2.05, 4.69) is 10.6 Å². The molecule has 2 aliphatic rings. The Balaban J connectivity index is 1.75. The summed E-state index contributed by atoms with van der Waals surface area (Å²) in [6.07, 6.45) is 3.61. The molecule has 0 aromatic heterocycles. The molecule has 2 N–H and O–H groups in total. The summed E-state index contributed by atoms with van der Waals surface area (Å²) in [4.78, 5) is 11.7. The molecule has 1 aliphatic carbocycles. The highest BCUT2D eigenvalue weighted by atomic mass is 16.6. The first-order valence-electron chi connectivity index (χ1n) is 7.23. The molecular weight excluding hydrogens is 244 g/mol. The maximum Gasteiger partial charge on any atom is 0.407 e. The molecule has 1 aliphatic heterocycles. The molecular formula is C14H26N2O3. The van der Waals surface area contributed by atoms with Crippen LogP contribution in [0.1, 0.15) is 46.5 Å². The van der Waals surface area contributed by atoms with Crippen LogP contribution in [0.5, 0.6) is 0 Å². The molecule has 0 bridgehead atoms. The highest BCUT2D eigenvalue weighted by Crippen LogP contribution is 2.32. The molecule has 5 nitrogen and oxygen atoms in total. The quantitative estimate of drug-likeness (QED) is 0.763. The van der Waals surface area contributed by atoms with Crippen LogP contribution in [0.4, 0.5) is 4.79 Å². The monoisotopic (exact) mass is 270 g/mol. The van der Waals surface area contributed by atoms with E-state index in [9.17, 15) is 4.79 Å². The predicted octanol–water partition coefficient (Wildman–Crippen LogP) is 1.81. The Morgan fingerprint density at radius 3 is 2.58 bits per heavy atom. The zero-order valence-corrected chi connectivity index (χ0v) is 12.3. The predicted molar refractivity (Wildman–Crippen MR) is 73.2 cm³/mol. The normalized spacial score (nSPS) is 32.1. The molecule has 0 atom stereocenters. The van der Waals surface area contributed by atoms with Crippen molar-refractivity contribution >= 4 is 6.09 Å². The minimum absolute atomic E-state index is 0.00433. The van der Waals surface area contributed by atoms with E-state index in [1.54, 1.807) is 0 Å². The smallest absolute Gasteiger partial charge is 0.407 e. The molecule has 1 spiro atoms. The molecule has 2 rings (SSSR count). The zero-order chi connectivity index (χ0) is 13.9. The summed E-state index contributed by atoms with van der Waals surface area (Å²) in [6.45, 7) is 8.32. The van der Waals surface area contributed by atoms with Gasteiger partial charge in [-0.2, -0.15) is 0 Å². The zero-order valence-electron chi connectivity index (χ0n) is 12.3. The number of hydrogen-bond donors (Lipinski definition) is 2. The summed E-state index contributed by atoms with van der Waals surface area (Å²) in [7, 11) is 0. The number of morpholine rings is 1. The van der Waals surface area contributed by atoms with Crippen molar-refractivity contribution in [3.8, 4) is 0 Å². The van der Waals surface area contributed by atoms with Crippen molar-refractivity contribution in [1.82, 2.24) is 10.6 Å². The van der Waals surface area contributed by atoms with Crippen LogP contribution in [0, 0.1) is 0 Å². The van der Waals surface area contributed by atoms with Crippen molar-refractivity contribution in [1.29, 1.82) is 0 Å². The molecule has 0 aromatic rings. The average molecular weight is 270 g/mol. The van der Waals surface area contributed by atoms with Gasteiger partial charge in [0.25, 0.3) is 0 Å². The average Bonchev–Trinajstić information content (AvgIpc) is 2.31. The van der Waals surface area contributed by atoms with Crippen LogP contribution in [-0.2, 0) is 9.47 Å². The molecule has 110 valence electrons. The van der Waals surface area contributed by atoms with Crippen LogP contribution in [0.2, 0.25) is 0 Å². The van der Waals surface area contributed by atoms with E-state index in [-0.39, 0.29) is 17.7 Å². The van der Waals surface area contributed by atoms with Gasteiger partial charge in [-0.15, -0.1) is 0 Å². The lowest BCUT2D eigenvalue weighted by atomic mass is 9.81. The summed E-state index contributed by atoms with van der Waals surface area (Å²) in [5.74, 6) is 0. The summed E-state index contributed by atoms with van der Waals surface area (Å²) >= 11 is 0. The van der Waals surface area contributed by atoms with Crippen LogP contribution >= 0.6 is 0 Å². The minimum atomic E-state index is -0.434. The third-order valence-corrected chi connectivity index (χ3v) is 3.75. The van der Waals surface area contributed by atoms with Crippen LogP contribution < -0.4 is 10.6 Å². The molecule has 1 amide bonds. The van der Waals surface area contributed by atoms with Crippen molar-refractivity contribution in [2.75, 3.05) is 19.7 Å². The number of carbonyl (C=O) groups is 1. The lowest BCUT2D eigenvalue weighted by Crippen LogP contribution is -2.54. The summed E-state index contributed by atoms with van der Waals surface area (Å²) < 4.78 is 11.2. The molecule has 1 saturated carbocycles. The second kappa shape index (κ2) is 5.67. The Hall–Kier alpha value is -0.810. The fraction of sp³-hybridized carbons (Fsp3) is 0.929. The molecule has 0 radical (unpaired) electrons. The number of hydrogen-bond acceptors (Lipinski definition) is 4. The van der Waals surface area contributed by atoms with Gasteiger partial charge in [0.2, 0.25) is 0 Å². The molecule has 1 saturated heterocycles. The molecule has 0 aromatic carbocycles. The van der Waals surface area contributed by atoms with E-state index in [0.717, 1.165) is 45.4 Å². The molecule has 5 heteroatoms. The lowest BCUT2D eigenvalue weighted by molar-refractivity contribution is -0.0913. The highest BCUT2D eigenvalue weighted by Gasteiger charge is 2.38.